The molecule has 1 saturated heterocycles. The molecule has 2 aromatic carbocycles. The molecule has 0 aliphatic carbocycles. The zero-order valence-electron chi connectivity index (χ0n) is 16.4. The zero-order valence-corrected chi connectivity index (χ0v) is 16.4. The van der Waals surface area contributed by atoms with Gasteiger partial charge in [0.1, 0.15) is 18.3 Å². The number of rotatable bonds is 5. The fourth-order valence-corrected chi connectivity index (χ4v) is 3.93. The molecule has 0 saturated carbocycles. The second-order valence-corrected chi connectivity index (χ2v) is 7.52. The summed E-state index contributed by atoms with van der Waals surface area (Å²) < 4.78 is 5.71. The zero-order chi connectivity index (χ0) is 21.1. The van der Waals surface area contributed by atoms with Crippen LogP contribution in [0, 0.1) is 0 Å². The van der Waals surface area contributed by atoms with Crippen LogP contribution in [0.5, 0.6) is 0 Å². The van der Waals surface area contributed by atoms with E-state index in [1.54, 1.807) is 29.2 Å². The third-order valence-electron chi connectivity index (χ3n) is 5.52. The largest absolute Gasteiger partial charge is 0.388 e. The Kier molecular flexibility index (Phi) is 5.98. The highest BCUT2D eigenvalue weighted by atomic mass is 16.5. The van der Waals surface area contributed by atoms with Gasteiger partial charge in [0.25, 0.3) is 0 Å². The first-order valence-electron chi connectivity index (χ1n) is 10.0. The van der Waals surface area contributed by atoms with Crippen molar-refractivity contribution in [2.24, 2.45) is 0 Å². The molecular formula is C22H25N3O5. The normalized spacial score (nSPS) is 25.1. The van der Waals surface area contributed by atoms with E-state index in [4.69, 9.17) is 4.74 Å². The number of carbonyl (C=O) groups excluding carboxylic acids is 2. The van der Waals surface area contributed by atoms with Crippen LogP contribution >= 0.6 is 0 Å². The van der Waals surface area contributed by atoms with Gasteiger partial charge in [0.05, 0.1) is 12.5 Å². The topological polar surface area (TPSA) is 111 Å². The predicted molar refractivity (Wildman–Crippen MR) is 111 cm³/mol. The lowest BCUT2D eigenvalue weighted by molar-refractivity contribution is -0.122. The van der Waals surface area contributed by atoms with Crippen molar-refractivity contribution in [1.29, 1.82) is 0 Å². The van der Waals surface area contributed by atoms with Gasteiger partial charge in [0, 0.05) is 24.5 Å². The predicted octanol–water partition coefficient (Wildman–Crippen LogP) is 1.28. The summed E-state index contributed by atoms with van der Waals surface area (Å²) in [6, 6.07) is 16.2. The Balaban J connectivity index is 1.30. The number of aliphatic hydroxyl groups excluding tert-OH is 2. The number of ether oxygens (including phenoxy) is 1. The molecule has 1 fully saturated rings. The Hall–Kier alpha value is -2.94. The van der Waals surface area contributed by atoms with Gasteiger partial charge in [-0.2, -0.15) is 0 Å². The Bertz CT molecular complexity index is 907. The highest BCUT2D eigenvalue weighted by Crippen LogP contribution is 2.30. The first-order chi connectivity index (χ1) is 14.5. The summed E-state index contributed by atoms with van der Waals surface area (Å²) >= 11 is 0. The summed E-state index contributed by atoms with van der Waals surface area (Å²) in [5.41, 5.74) is 2.63. The molecule has 2 aromatic rings. The molecular weight excluding hydrogens is 386 g/mol. The lowest BCUT2D eigenvalue weighted by atomic mass is 10.0. The number of urea groups is 1. The maximum atomic E-state index is 12.8. The quantitative estimate of drug-likeness (QED) is 0.592. The number of nitrogens with zero attached hydrogens (tertiary/aromatic N) is 1. The molecule has 158 valence electrons. The van der Waals surface area contributed by atoms with Crippen LogP contribution in [0.3, 0.4) is 0 Å². The minimum Gasteiger partial charge on any atom is -0.388 e. The van der Waals surface area contributed by atoms with Crippen LogP contribution in [0.25, 0.3) is 0 Å². The summed E-state index contributed by atoms with van der Waals surface area (Å²) in [5, 5.41) is 25.9. The van der Waals surface area contributed by atoms with E-state index >= 15 is 0 Å². The van der Waals surface area contributed by atoms with E-state index < -0.39 is 30.4 Å². The Morgan fingerprint density at radius 2 is 1.70 bits per heavy atom. The van der Waals surface area contributed by atoms with Gasteiger partial charge in [0.15, 0.2) is 0 Å². The lowest BCUT2D eigenvalue weighted by Crippen LogP contribution is -2.41. The maximum Gasteiger partial charge on any atom is 0.319 e. The molecule has 2 heterocycles. The second kappa shape index (κ2) is 8.83. The molecule has 4 N–H and O–H groups in total. The number of anilines is 2. The van der Waals surface area contributed by atoms with Crippen molar-refractivity contribution < 1.29 is 24.5 Å². The molecule has 0 aromatic heterocycles. The van der Waals surface area contributed by atoms with Gasteiger partial charge in [-0.3, -0.25) is 4.79 Å². The third kappa shape index (κ3) is 4.30. The minimum absolute atomic E-state index is 0.00807. The second-order valence-electron chi connectivity index (χ2n) is 7.52. The van der Waals surface area contributed by atoms with Crippen LogP contribution in [0.2, 0.25) is 0 Å². The van der Waals surface area contributed by atoms with E-state index in [0.29, 0.717) is 12.2 Å². The number of benzene rings is 2. The first kappa shape index (κ1) is 20.3. The summed E-state index contributed by atoms with van der Waals surface area (Å²) in [7, 11) is 0. The highest BCUT2D eigenvalue weighted by molar-refractivity contribution is 5.95. The molecule has 0 spiro atoms. The molecule has 4 atom stereocenters. The van der Waals surface area contributed by atoms with Crippen LogP contribution in [-0.4, -0.2) is 59.7 Å². The van der Waals surface area contributed by atoms with E-state index in [1.165, 1.54) is 0 Å². The Morgan fingerprint density at radius 1 is 1.00 bits per heavy atom. The molecule has 8 heteroatoms. The average Bonchev–Trinajstić information content (AvgIpc) is 3.30. The molecule has 4 rings (SSSR count). The van der Waals surface area contributed by atoms with Crippen LogP contribution < -0.4 is 15.5 Å². The van der Waals surface area contributed by atoms with Gasteiger partial charge in [0.2, 0.25) is 5.91 Å². The van der Waals surface area contributed by atoms with Gasteiger partial charge in [-0.15, -0.1) is 0 Å². The van der Waals surface area contributed by atoms with Gasteiger partial charge >= 0.3 is 6.03 Å². The van der Waals surface area contributed by atoms with Crippen LogP contribution in [0.15, 0.2) is 54.6 Å². The number of hydrogen-bond acceptors (Lipinski definition) is 5. The number of aliphatic hydroxyl groups is 2. The van der Waals surface area contributed by atoms with E-state index in [1.807, 2.05) is 30.3 Å². The van der Waals surface area contributed by atoms with E-state index in [2.05, 4.69) is 10.6 Å². The third-order valence-corrected chi connectivity index (χ3v) is 5.52. The molecule has 0 radical (unpaired) electrons. The highest BCUT2D eigenvalue weighted by Gasteiger charge is 2.44. The number of carbonyl (C=O) groups is 2. The number of amides is 3. The van der Waals surface area contributed by atoms with E-state index in [9.17, 15) is 19.8 Å². The van der Waals surface area contributed by atoms with Gasteiger partial charge in [-0.25, -0.2) is 4.79 Å². The number of hydrogen-bond donors (Lipinski definition) is 4. The van der Waals surface area contributed by atoms with Crippen molar-refractivity contribution in [2.75, 3.05) is 23.3 Å². The molecule has 2 aliphatic heterocycles. The molecule has 0 unspecified atom stereocenters. The van der Waals surface area contributed by atoms with Crippen LogP contribution in [0.4, 0.5) is 16.2 Å². The molecule has 2 aliphatic rings. The fourth-order valence-electron chi connectivity index (χ4n) is 3.93. The summed E-state index contributed by atoms with van der Waals surface area (Å²) in [4.78, 5) is 26.5. The maximum absolute atomic E-state index is 12.8. The van der Waals surface area contributed by atoms with Crippen molar-refractivity contribution in [3.8, 4) is 0 Å². The van der Waals surface area contributed by atoms with Crippen LogP contribution in [0.1, 0.15) is 12.0 Å². The summed E-state index contributed by atoms with van der Waals surface area (Å²) in [6.07, 6.45) is -3.27. The fraction of sp³-hybridized carbons (Fsp3) is 0.364. The van der Waals surface area contributed by atoms with Crippen molar-refractivity contribution in [2.45, 2.75) is 37.3 Å². The number of nitrogens with one attached hydrogen (secondary N) is 2. The minimum atomic E-state index is -1.20. The molecule has 0 bridgehead atoms. The number of para-hydroxylation sites is 2. The lowest BCUT2D eigenvalue weighted by Gasteiger charge is -2.21. The molecule has 3 amide bonds. The van der Waals surface area contributed by atoms with Gasteiger partial charge in [-0.1, -0.05) is 36.4 Å². The summed E-state index contributed by atoms with van der Waals surface area (Å²) in [5.74, 6) is -0.161. The van der Waals surface area contributed by atoms with E-state index in [0.717, 1.165) is 17.7 Å². The van der Waals surface area contributed by atoms with E-state index in [-0.39, 0.29) is 18.9 Å². The Labute approximate surface area is 174 Å². The number of fused-ring (bicyclic) bond motifs is 1. The standard InChI is InChI=1S/C22H25N3O5/c26-19(25-11-10-14-6-4-5-9-16(14)25)12-17-20(27)21(28)18(30-17)13-23-22(29)24-15-7-2-1-3-8-15/h1-9,17-18,20-21,27-28H,10-13H2,(H2,23,24,29)/t17-,18-,20-,21+/m0/s1. The van der Waals surface area contributed by atoms with Crippen LogP contribution in [-0.2, 0) is 16.0 Å². The first-order valence-corrected chi connectivity index (χ1v) is 10.0. The SMILES string of the molecule is O=C(NC[C@@H]1O[C@@H](CC(=O)N2CCc3ccccc32)[C@H](O)[C@@H]1O)Nc1ccccc1. The van der Waals surface area contributed by atoms with Gasteiger partial charge < -0.3 is 30.5 Å². The van der Waals surface area contributed by atoms with Crippen molar-refractivity contribution in [3.63, 3.8) is 0 Å². The van der Waals surface area contributed by atoms with Crippen molar-refractivity contribution in [1.82, 2.24) is 5.32 Å². The van der Waals surface area contributed by atoms with Gasteiger partial charge in [-0.05, 0) is 30.2 Å². The molecule has 8 nitrogen and oxygen atoms in total. The van der Waals surface area contributed by atoms with Crippen molar-refractivity contribution >= 4 is 23.3 Å². The molecule has 30 heavy (non-hydrogen) atoms. The smallest absolute Gasteiger partial charge is 0.319 e. The average molecular weight is 411 g/mol. The monoisotopic (exact) mass is 411 g/mol. The Morgan fingerprint density at radius 3 is 2.50 bits per heavy atom. The van der Waals surface area contributed by atoms with Crippen molar-refractivity contribution in [3.05, 3.63) is 60.2 Å². The summed E-state index contributed by atoms with van der Waals surface area (Å²) in [6.45, 7) is 0.600.